The molecule has 4 aromatic rings. The first kappa shape index (κ1) is 26.7. The lowest BCUT2D eigenvalue weighted by Crippen LogP contribution is -2.28. The molecule has 4 rings (SSSR count). The van der Waals surface area contributed by atoms with Gasteiger partial charge in [0.05, 0.1) is 6.21 Å². The van der Waals surface area contributed by atoms with Gasteiger partial charge in [0, 0.05) is 23.6 Å². The molecule has 6 nitrogen and oxygen atoms in total. The summed E-state index contributed by atoms with van der Waals surface area (Å²) < 4.78 is 5.54. The third kappa shape index (κ3) is 8.94. The average Bonchev–Trinajstić information content (AvgIpc) is 2.97. The zero-order chi connectivity index (χ0) is 26.4. The molecule has 2 amide bonds. The van der Waals surface area contributed by atoms with Crippen LogP contribution in [0.15, 0.2) is 114 Å². The van der Waals surface area contributed by atoms with Crippen LogP contribution in [0, 0.1) is 0 Å². The number of ether oxygens (including phenoxy) is 1. The predicted octanol–water partition coefficient (Wildman–Crippen LogP) is 5.58. The molecule has 0 atom stereocenters. The first-order chi connectivity index (χ1) is 18.7. The summed E-state index contributed by atoms with van der Waals surface area (Å²) in [6, 6.07) is 34.7. The minimum Gasteiger partial charge on any atom is -0.484 e. The van der Waals surface area contributed by atoms with Crippen molar-refractivity contribution in [1.29, 1.82) is 0 Å². The Bertz CT molecular complexity index is 1330. The first-order valence-corrected chi connectivity index (χ1v) is 13.4. The lowest BCUT2D eigenvalue weighted by molar-refractivity contribution is -0.123. The third-order valence-corrected chi connectivity index (χ3v) is 6.63. The van der Waals surface area contributed by atoms with Crippen LogP contribution in [0.4, 0.5) is 0 Å². The molecule has 4 aromatic carbocycles. The van der Waals surface area contributed by atoms with Gasteiger partial charge in [-0.3, -0.25) is 9.59 Å². The topological polar surface area (TPSA) is 79.8 Å². The maximum atomic E-state index is 12.4. The Morgan fingerprint density at radius 3 is 2.00 bits per heavy atom. The number of hydrazone groups is 1. The van der Waals surface area contributed by atoms with E-state index in [4.69, 9.17) is 4.74 Å². The Morgan fingerprint density at radius 2 is 1.34 bits per heavy atom. The fourth-order valence-corrected chi connectivity index (χ4v) is 4.45. The van der Waals surface area contributed by atoms with Gasteiger partial charge in [0.15, 0.2) is 6.61 Å². The summed E-state index contributed by atoms with van der Waals surface area (Å²) in [5.41, 5.74) is 7.39. The molecule has 7 heteroatoms. The summed E-state index contributed by atoms with van der Waals surface area (Å²) in [7, 11) is 0. The highest BCUT2D eigenvalue weighted by molar-refractivity contribution is 7.97. The molecule has 2 N–H and O–H groups in total. The molecule has 38 heavy (non-hydrogen) atoms. The lowest BCUT2D eigenvalue weighted by atomic mass is 10.1. The Hall–Kier alpha value is -4.36. The zero-order valence-electron chi connectivity index (χ0n) is 20.9. The van der Waals surface area contributed by atoms with Crippen molar-refractivity contribution >= 4 is 29.8 Å². The summed E-state index contributed by atoms with van der Waals surface area (Å²) in [6.07, 6.45) is 1.56. The van der Waals surface area contributed by atoms with E-state index in [2.05, 4.69) is 28.0 Å². The molecule has 0 unspecified atom stereocenters. The molecule has 0 spiro atoms. The molecule has 0 saturated carbocycles. The smallest absolute Gasteiger partial charge is 0.271 e. The van der Waals surface area contributed by atoms with Crippen LogP contribution >= 0.6 is 11.8 Å². The number of amides is 2. The van der Waals surface area contributed by atoms with Crippen molar-refractivity contribution in [1.82, 2.24) is 10.7 Å². The van der Waals surface area contributed by atoms with Crippen LogP contribution in [0.25, 0.3) is 0 Å². The SMILES string of the molecule is O=C(COc1ccc(/C=N\NC(=O)c2ccc(CSCc3ccccc3)cc2)cc1)NCc1ccccc1. The Morgan fingerprint density at radius 1 is 0.737 bits per heavy atom. The van der Waals surface area contributed by atoms with Gasteiger partial charge in [-0.05, 0) is 58.7 Å². The summed E-state index contributed by atoms with van der Waals surface area (Å²) in [5.74, 6) is 1.94. The van der Waals surface area contributed by atoms with Gasteiger partial charge in [0.2, 0.25) is 0 Å². The van der Waals surface area contributed by atoms with Crippen molar-refractivity contribution in [2.45, 2.75) is 18.1 Å². The van der Waals surface area contributed by atoms with E-state index in [9.17, 15) is 9.59 Å². The number of hydrogen-bond acceptors (Lipinski definition) is 5. The second-order valence-electron chi connectivity index (χ2n) is 8.49. The Balaban J connectivity index is 1.16. The van der Waals surface area contributed by atoms with Gasteiger partial charge in [-0.25, -0.2) is 5.43 Å². The Labute approximate surface area is 227 Å². The normalized spacial score (nSPS) is 10.7. The molecule has 0 heterocycles. The number of benzene rings is 4. The van der Waals surface area contributed by atoms with Crippen molar-refractivity contribution in [2.75, 3.05) is 6.61 Å². The van der Waals surface area contributed by atoms with Gasteiger partial charge in [0.25, 0.3) is 11.8 Å². The molecular weight excluding hydrogens is 494 g/mol. The monoisotopic (exact) mass is 523 g/mol. The maximum absolute atomic E-state index is 12.4. The van der Waals surface area contributed by atoms with E-state index in [1.165, 1.54) is 11.1 Å². The van der Waals surface area contributed by atoms with E-state index in [1.54, 1.807) is 30.5 Å². The predicted molar refractivity (Wildman–Crippen MR) is 153 cm³/mol. The van der Waals surface area contributed by atoms with Crippen molar-refractivity contribution < 1.29 is 14.3 Å². The van der Waals surface area contributed by atoms with Gasteiger partial charge >= 0.3 is 0 Å². The summed E-state index contributed by atoms with van der Waals surface area (Å²) in [5, 5.41) is 6.87. The maximum Gasteiger partial charge on any atom is 0.271 e. The quantitative estimate of drug-likeness (QED) is 0.188. The van der Waals surface area contributed by atoms with Crippen LogP contribution in [-0.2, 0) is 22.8 Å². The highest BCUT2D eigenvalue weighted by Gasteiger charge is 2.05. The molecule has 0 saturated heterocycles. The van der Waals surface area contributed by atoms with Crippen molar-refractivity contribution in [3.05, 3.63) is 137 Å². The summed E-state index contributed by atoms with van der Waals surface area (Å²) in [4.78, 5) is 24.4. The molecular formula is C31H29N3O3S. The van der Waals surface area contributed by atoms with Crippen molar-refractivity contribution in [3.8, 4) is 5.75 Å². The number of thioether (sulfide) groups is 1. The standard InChI is InChI=1S/C31H29N3O3S/c35-30(32-19-24-7-3-1-4-8-24)21-37-29-17-13-25(14-18-29)20-33-34-31(36)28-15-11-27(12-16-28)23-38-22-26-9-5-2-6-10-26/h1-18,20H,19,21-23H2,(H,32,35)(H,34,36)/b33-20-. The molecule has 0 radical (unpaired) electrons. The first-order valence-electron chi connectivity index (χ1n) is 12.2. The van der Waals surface area contributed by atoms with E-state index in [0.29, 0.717) is 17.9 Å². The van der Waals surface area contributed by atoms with Gasteiger partial charge in [-0.2, -0.15) is 16.9 Å². The molecule has 0 fully saturated rings. The summed E-state index contributed by atoms with van der Waals surface area (Å²) in [6.45, 7) is 0.392. The highest BCUT2D eigenvalue weighted by atomic mass is 32.2. The number of carbonyl (C=O) groups is 2. The molecule has 0 bridgehead atoms. The summed E-state index contributed by atoms with van der Waals surface area (Å²) >= 11 is 1.84. The number of nitrogens with zero attached hydrogens (tertiary/aromatic N) is 1. The van der Waals surface area contributed by atoms with E-state index in [1.807, 2.05) is 84.6 Å². The van der Waals surface area contributed by atoms with Gasteiger partial charge in [-0.15, -0.1) is 0 Å². The van der Waals surface area contributed by atoms with Gasteiger partial charge in [-0.1, -0.05) is 72.8 Å². The highest BCUT2D eigenvalue weighted by Crippen LogP contribution is 2.18. The largest absolute Gasteiger partial charge is 0.484 e. The van der Waals surface area contributed by atoms with E-state index >= 15 is 0 Å². The fourth-order valence-electron chi connectivity index (χ4n) is 3.49. The number of nitrogens with one attached hydrogen (secondary N) is 2. The molecule has 0 aliphatic heterocycles. The van der Waals surface area contributed by atoms with Gasteiger partial charge < -0.3 is 10.1 Å². The molecule has 0 aliphatic rings. The number of carbonyl (C=O) groups excluding carboxylic acids is 2. The van der Waals surface area contributed by atoms with Crippen LogP contribution in [0.2, 0.25) is 0 Å². The van der Waals surface area contributed by atoms with Crippen LogP contribution in [0.3, 0.4) is 0 Å². The van der Waals surface area contributed by atoms with E-state index < -0.39 is 0 Å². The number of rotatable bonds is 12. The van der Waals surface area contributed by atoms with Crippen molar-refractivity contribution in [2.24, 2.45) is 5.10 Å². The second kappa shape index (κ2) is 14.4. The minimum atomic E-state index is -0.272. The van der Waals surface area contributed by atoms with Crippen LogP contribution in [0.1, 0.15) is 32.6 Å². The van der Waals surface area contributed by atoms with Gasteiger partial charge in [0.1, 0.15) is 5.75 Å². The molecule has 0 aromatic heterocycles. The van der Waals surface area contributed by atoms with E-state index in [-0.39, 0.29) is 18.4 Å². The Kier molecular flexibility index (Phi) is 10.1. The second-order valence-corrected chi connectivity index (χ2v) is 9.48. The minimum absolute atomic E-state index is 0.0686. The molecule has 0 aliphatic carbocycles. The van der Waals surface area contributed by atoms with Crippen LogP contribution in [0.5, 0.6) is 5.75 Å². The van der Waals surface area contributed by atoms with Crippen molar-refractivity contribution in [3.63, 3.8) is 0 Å². The average molecular weight is 524 g/mol. The van der Waals surface area contributed by atoms with Crippen LogP contribution < -0.4 is 15.5 Å². The zero-order valence-corrected chi connectivity index (χ0v) is 21.7. The van der Waals surface area contributed by atoms with Crippen LogP contribution in [-0.4, -0.2) is 24.6 Å². The third-order valence-electron chi connectivity index (χ3n) is 5.56. The number of hydrogen-bond donors (Lipinski definition) is 2. The lowest BCUT2D eigenvalue weighted by Gasteiger charge is -2.08. The fraction of sp³-hybridized carbons (Fsp3) is 0.129. The van der Waals surface area contributed by atoms with E-state index in [0.717, 1.165) is 22.6 Å². The molecule has 192 valence electrons.